The van der Waals surface area contributed by atoms with Crippen molar-refractivity contribution in [3.05, 3.63) is 35.1 Å². The second-order valence-electron chi connectivity index (χ2n) is 4.28. The van der Waals surface area contributed by atoms with Crippen LogP contribution in [0.5, 0.6) is 0 Å². The Balaban J connectivity index is 2.17. The van der Waals surface area contributed by atoms with Gasteiger partial charge < -0.3 is 4.74 Å². The Bertz CT molecular complexity index is 564. The molecule has 0 aliphatic heterocycles. The highest BCUT2D eigenvalue weighted by Crippen LogP contribution is 2.11. The van der Waals surface area contributed by atoms with Gasteiger partial charge in [0.15, 0.2) is 6.23 Å². The van der Waals surface area contributed by atoms with Gasteiger partial charge in [0.2, 0.25) is 4.77 Å². The molecule has 1 unspecified atom stereocenters. The van der Waals surface area contributed by atoms with E-state index in [4.69, 9.17) is 17.0 Å². The maximum atomic E-state index is 5.68. The molecule has 0 amide bonds. The summed E-state index contributed by atoms with van der Waals surface area (Å²) in [6, 6.07) is 9.72. The lowest BCUT2D eigenvalue weighted by atomic mass is 10.3. The van der Waals surface area contributed by atoms with Crippen LogP contribution in [0.4, 0.5) is 0 Å². The highest BCUT2D eigenvalue weighted by Gasteiger charge is 2.11. The van der Waals surface area contributed by atoms with Crippen LogP contribution >= 0.6 is 12.2 Å². The molecule has 6 heteroatoms. The van der Waals surface area contributed by atoms with Crippen molar-refractivity contribution in [1.82, 2.24) is 19.8 Å². The van der Waals surface area contributed by atoms with E-state index in [1.54, 1.807) is 9.36 Å². The fourth-order valence-electron chi connectivity index (χ4n) is 1.69. The molecule has 5 nitrogen and oxygen atoms in total. The summed E-state index contributed by atoms with van der Waals surface area (Å²) in [6.45, 7) is 4.76. The number of unbranched alkanes of at least 4 members (excludes halogenated alkanes) is 1. The molecule has 0 aliphatic rings. The zero-order valence-electron chi connectivity index (χ0n) is 11.2. The number of rotatable bonds is 6. The summed E-state index contributed by atoms with van der Waals surface area (Å²) in [6.07, 6.45) is 1.94. The van der Waals surface area contributed by atoms with Gasteiger partial charge in [-0.15, -0.1) is 0 Å². The number of tetrazole rings is 1. The van der Waals surface area contributed by atoms with Gasteiger partial charge in [-0.3, -0.25) is 0 Å². The lowest BCUT2D eigenvalue weighted by Crippen LogP contribution is -2.12. The number of ether oxygens (including phenoxy) is 1. The van der Waals surface area contributed by atoms with E-state index in [0.29, 0.717) is 11.4 Å². The van der Waals surface area contributed by atoms with Gasteiger partial charge in [0.05, 0.1) is 5.69 Å². The number of hydrogen-bond donors (Lipinski definition) is 0. The highest BCUT2D eigenvalue weighted by molar-refractivity contribution is 7.71. The van der Waals surface area contributed by atoms with Crippen molar-refractivity contribution in [2.24, 2.45) is 0 Å². The van der Waals surface area contributed by atoms with Crippen molar-refractivity contribution >= 4 is 12.2 Å². The summed E-state index contributed by atoms with van der Waals surface area (Å²) >= 11 is 5.38. The van der Waals surface area contributed by atoms with E-state index < -0.39 is 0 Å². The summed E-state index contributed by atoms with van der Waals surface area (Å²) in [4.78, 5) is 0. The SMILES string of the molecule is CCCCOC(C)n1nnn(-c2ccccc2)c1=S. The van der Waals surface area contributed by atoms with Crippen molar-refractivity contribution in [1.29, 1.82) is 0 Å². The summed E-state index contributed by atoms with van der Waals surface area (Å²) in [5.41, 5.74) is 0.902. The second-order valence-corrected chi connectivity index (χ2v) is 4.64. The number of aromatic nitrogens is 4. The summed E-state index contributed by atoms with van der Waals surface area (Å²) in [7, 11) is 0. The molecule has 0 saturated heterocycles. The highest BCUT2D eigenvalue weighted by atomic mass is 32.1. The number of para-hydroxylation sites is 1. The fourth-order valence-corrected chi connectivity index (χ4v) is 2.01. The third kappa shape index (κ3) is 3.27. The first-order chi connectivity index (χ1) is 9.24. The maximum absolute atomic E-state index is 5.68. The van der Waals surface area contributed by atoms with Crippen LogP contribution in [-0.4, -0.2) is 26.4 Å². The summed E-state index contributed by atoms with van der Waals surface area (Å²) in [5.74, 6) is 0. The molecule has 2 rings (SSSR count). The van der Waals surface area contributed by atoms with E-state index in [2.05, 4.69) is 17.4 Å². The standard InChI is InChI=1S/C13H18N4OS/c1-3-4-10-18-11(2)16-13(19)17(15-14-16)12-8-6-5-7-9-12/h5-9,11H,3-4,10H2,1-2H3. The molecular weight excluding hydrogens is 260 g/mol. The summed E-state index contributed by atoms with van der Waals surface area (Å²) < 4.78 is 9.47. The third-order valence-electron chi connectivity index (χ3n) is 2.81. The average molecular weight is 278 g/mol. The molecule has 0 aliphatic carbocycles. The molecule has 0 fully saturated rings. The lowest BCUT2D eigenvalue weighted by Gasteiger charge is -2.11. The van der Waals surface area contributed by atoms with Crippen molar-refractivity contribution < 1.29 is 4.74 Å². The fraction of sp³-hybridized carbons (Fsp3) is 0.462. The zero-order chi connectivity index (χ0) is 13.7. The maximum Gasteiger partial charge on any atom is 0.223 e. The largest absolute Gasteiger partial charge is 0.357 e. The van der Waals surface area contributed by atoms with Crippen LogP contribution < -0.4 is 0 Å². The minimum atomic E-state index is -0.198. The van der Waals surface area contributed by atoms with Crippen LogP contribution in [0.2, 0.25) is 0 Å². The molecule has 0 spiro atoms. The summed E-state index contributed by atoms with van der Waals surface area (Å²) in [5, 5.41) is 8.15. The molecule has 1 atom stereocenters. The molecule has 19 heavy (non-hydrogen) atoms. The molecular formula is C13H18N4OS. The number of hydrogen-bond acceptors (Lipinski definition) is 4. The van der Waals surface area contributed by atoms with Gasteiger partial charge in [0.1, 0.15) is 0 Å². The minimum Gasteiger partial charge on any atom is -0.357 e. The van der Waals surface area contributed by atoms with Gasteiger partial charge in [-0.1, -0.05) is 31.5 Å². The van der Waals surface area contributed by atoms with Gasteiger partial charge in [-0.25, -0.2) is 0 Å². The molecule has 1 aromatic heterocycles. The van der Waals surface area contributed by atoms with Gasteiger partial charge in [0.25, 0.3) is 0 Å². The molecule has 102 valence electrons. The van der Waals surface area contributed by atoms with Gasteiger partial charge in [-0.2, -0.15) is 9.36 Å². The van der Waals surface area contributed by atoms with Crippen LogP contribution in [-0.2, 0) is 4.74 Å². The Kier molecular flexibility index (Phi) is 4.81. The predicted octanol–water partition coefficient (Wildman–Crippen LogP) is 3.13. The Morgan fingerprint density at radius 3 is 2.68 bits per heavy atom. The van der Waals surface area contributed by atoms with Crippen LogP contribution in [0.15, 0.2) is 30.3 Å². The Morgan fingerprint density at radius 2 is 2.00 bits per heavy atom. The second kappa shape index (κ2) is 6.58. The monoisotopic (exact) mass is 278 g/mol. The number of nitrogens with zero attached hydrogens (tertiary/aromatic N) is 4. The lowest BCUT2D eigenvalue weighted by molar-refractivity contribution is 0.00413. The molecule has 1 aromatic carbocycles. The van der Waals surface area contributed by atoms with Gasteiger partial charge in [0, 0.05) is 6.61 Å². The van der Waals surface area contributed by atoms with E-state index >= 15 is 0 Å². The molecule has 2 aromatic rings. The first kappa shape index (κ1) is 13.9. The number of benzene rings is 1. The Morgan fingerprint density at radius 1 is 1.26 bits per heavy atom. The molecule has 0 bridgehead atoms. The van der Waals surface area contributed by atoms with E-state index in [1.807, 2.05) is 37.3 Å². The van der Waals surface area contributed by atoms with Crippen LogP contribution in [0.1, 0.15) is 32.9 Å². The average Bonchev–Trinajstić information content (AvgIpc) is 2.82. The van der Waals surface area contributed by atoms with E-state index in [-0.39, 0.29) is 6.23 Å². The van der Waals surface area contributed by atoms with Crippen molar-refractivity contribution in [2.75, 3.05) is 6.61 Å². The smallest absolute Gasteiger partial charge is 0.223 e. The van der Waals surface area contributed by atoms with E-state index in [9.17, 15) is 0 Å². The predicted molar refractivity (Wildman–Crippen MR) is 75.8 cm³/mol. The first-order valence-corrected chi connectivity index (χ1v) is 6.86. The van der Waals surface area contributed by atoms with Crippen LogP contribution in [0.25, 0.3) is 5.69 Å². The Labute approximate surface area is 117 Å². The molecule has 0 saturated carbocycles. The van der Waals surface area contributed by atoms with Crippen molar-refractivity contribution in [3.63, 3.8) is 0 Å². The van der Waals surface area contributed by atoms with E-state index in [1.165, 1.54) is 0 Å². The molecule has 1 heterocycles. The topological polar surface area (TPSA) is 44.9 Å². The van der Waals surface area contributed by atoms with Crippen molar-refractivity contribution in [2.45, 2.75) is 32.9 Å². The van der Waals surface area contributed by atoms with Crippen LogP contribution in [0, 0.1) is 4.77 Å². The first-order valence-electron chi connectivity index (χ1n) is 6.45. The normalized spacial score (nSPS) is 12.5. The molecule has 0 radical (unpaired) electrons. The third-order valence-corrected chi connectivity index (χ3v) is 3.17. The van der Waals surface area contributed by atoms with Crippen LogP contribution in [0.3, 0.4) is 0 Å². The van der Waals surface area contributed by atoms with Crippen molar-refractivity contribution in [3.8, 4) is 5.69 Å². The van der Waals surface area contributed by atoms with E-state index in [0.717, 1.165) is 18.5 Å². The minimum absolute atomic E-state index is 0.198. The van der Waals surface area contributed by atoms with Gasteiger partial charge in [-0.05, 0) is 48.1 Å². The zero-order valence-corrected chi connectivity index (χ0v) is 12.0. The Hall–Kier alpha value is -1.53. The molecule has 0 N–H and O–H groups in total. The quantitative estimate of drug-likeness (QED) is 0.601. The van der Waals surface area contributed by atoms with Gasteiger partial charge >= 0.3 is 0 Å².